The molecule has 0 aliphatic carbocycles. The second kappa shape index (κ2) is 12.7. The third kappa shape index (κ3) is 8.50. The number of aliphatic hydroxyl groups excluding tert-OH is 1. The third-order valence-corrected chi connectivity index (χ3v) is 5.90. The van der Waals surface area contributed by atoms with Crippen LogP contribution in [-0.2, 0) is 6.42 Å². The number of nitrogens with one attached hydrogen (secondary N) is 3. The van der Waals surface area contributed by atoms with Gasteiger partial charge in [-0.2, -0.15) is 0 Å². The number of para-hydroxylation sites is 1. The van der Waals surface area contributed by atoms with Crippen LogP contribution in [0.15, 0.2) is 79.1 Å². The Morgan fingerprint density at radius 3 is 2.46 bits per heavy atom. The number of halogens is 3. The zero-order valence-electron chi connectivity index (χ0n) is 20.9. The van der Waals surface area contributed by atoms with Crippen LogP contribution in [0.5, 0.6) is 5.75 Å². The number of hydrogen-bond acceptors (Lipinski definition) is 6. The summed E-state index contributed by atoms with van der Waals surface area (Å²) in [6.45, 7) is 2.54. The Hall–Kier alpha value is -4.00. The van der Waals surface area contributed by atoms with Gasteiger partial charge >= 0.3 is 6.36 Å². The molecule has 39 heavy (non-hydrogen) atoms. The summed E-state index contributed by atoms with van der Waals surface area (Å²) in [6, 6.07) is 20.9. The van der Waals surface area contributed by atoms with E-state index < -0.39 is 12.7 Å². The van der Waals surface area contributed by atoms with E-state index in [-0.39, 0.29) is 5.75 Å². The average Bonchev–Trinajstić information content (AvgIpc) is 3.38. The van der Waals surface area contributed by atoms with E-state index in [0.717, 1.165) is 35.2 Å². The lowest BCUT2D eigenvalue weighted by molar-refractivity contribution is -0.274. The normalized spacial score (nSPS) is 12.1. The fourth-order valence-electron chi connectivity index (χ4n) is 3.72. The Kier molecular flexibility index (Phi) is 9.12. The van der Waals surface area contributed by atoms with Crippen molar-refractivity contribution in [3.8, 4) is 22.8 Å². The van der Waals surface area contributed by atoms with Gasteiger partial charge in [-0.05, 0) is 80.0 Å². The molecule has 12 heteroatoms. The van der Waals surface area contributed by atoms with Crippen molar-refractivity contribution in [2.45, 2.75) is 32.5 Å². The van der Waals surface area contributed by atoms with Crippen LogP contribution >= 0.6 is 12.2 Å². The molecular weight excluding hydrogens is 529 g/mol. The van der Waals surface area contributed by atoms with E-state index in [4.69, 9.17) is 12.2 Å². The first-order chi connectivity index (χ1) is 18.7. The van der Waals surface area contributed by atoms with Crippen LogP contribution in [0.2, 0.25) is 0 Å². The number of aromatic nitrogens is 3. The fourth-order valence-corrected chi connectivity index (χ4v) is 3.94. The Morgan fingerprint density at radius 1 is 1.05 bits per heavy atom. The Labute approximate surface area is 228 Å². The summed E-state index contributed by atoms with van der Waals surface area (Å²) in [6.07, 6.45) is -2.64. The number of rotatable bonds is 10. The summed E-state index contributed by atoms with van der Waals surface area (Å²) < 4.78 is 42.4. The fraction of sp³-hybridized carbons (Fsp3) is 0.222. The third-order valence-electron chi connectivity index (χ3n) is 5.68. The van der Waals surface area contributed by atoms with Crippen molar-refractivity contribution in [1.29, 1.82) is 0 Å². The maximum Gasteiger partial charge on any atom is 0.573 e. The molecule has 204 valence electrons. The molecular formula is C27H27F3N6O2S. The van der Waals surface area contributed by atoms with Crippen molar-refractivity contribution >= 4 is 23.0 Å². The molecule has 0 saturated carbocycles. The van der Waals surface area contributed by atoms with E-state index in [0.29, 0.717) is 23.2 Å². The van der Waals surface area contributed by atoms with Gasteiger partial charge in [0.2, 0.25) is 0 Å². The van der Waals surface area contributed by atoms with Gasteiger partial charge in [0.15, 0.2) is 17.3 Å². The van der Waals surface area contributed by atoms with Gasteiger partial charge in [-0.25, -0.2) is 9.67 Å². The molecule has 4 rings (SSSR count). The maximum atomic E-state index is 12.3. The smallest absolute Gasteiger partial charge is 0.406 e. The lowest BCUT2D eigenvalue weighted by atomic mass is 10.1. The molecule has 1 aromatic heterocycles. The summed E-state index contributed by atoms with van der Waals surface area (Å²) in [5.74, 6) is 0.185. The van der Waals surface area contributed by atoms with Crippen molar-refractivity contribution < 1.29 is 23.0 Å². The summed E-state index contributed by atoms with van der Waals surface area (Å²) in [7, 11) is 0. The lowest BCUT2D eigenvalue weighted by Crippen LogP contribution is -2.47. The van der Waals surface area contributed by atoms with Crippen molar-refractivity contribution in [3.63, 3.8) is 0 Å². The summed E-state index contributed by atoms with van der Waals surface area (Å²) in [5.41, 5.74) is 4.39. The van der Waals surface area contributed by atoms with Crippen LogP contribution < -0.4 is 20.7 Å². The van der Waals surface area contributed by atoms with E-state index in [1.165, 1.54) is 35.3 Å². The van der Waals surface area contributed by atoms with Gasteiger partial charge in [0, 0.05) is 11.3 Å². The Bertz CT molecular complexity index is 1380. The first-order valence-electron chi connectivity index (χ1n) is 12.1. The van der Waals surface area contributed by atoms with E-state index in [2.05, 4.69) is 30.8 Å². The molecule has 0 bridgehead atoms. The van der Waals surface area contributed by atoms with Gasteiger partial charge in [0.1, 0.15) is 12.1 Å². The van der Waals surface area contributed by atoms with Crippen molar-refractivity contribution in [3.05, 3.63) is 90.3 Å². The largest absolute Gasteiger partial charge is 0.573 e. The number of ether oxygens (including phenoxy) is 1. The second-order valence-electron chi connectivity index (χ2n) is 8.62. The van der Waals surface area contributed by atoms with Gasteiger partial charge in [-0.1, -0.05) is 42.5 Å². The van der Waals surface area contributed by atoms with Crippen molar-refractivity contribution in [2.75, 3.05) is 11.9 Å². The van der Waals surface area contributed by atoms with Gasteiger partial charge < -0.3 is 20.5 Å². The monoisotopic (exact) mass is 556 g/mol. The number of anilines is 1. The summed E-state index contributed by atoms with van der Waals surface area (Å²) in [5, 5.41) is 23.7. The topological polar surface area (TPSA) is 96.3 Å². The summed E-state index contributed by atoms with van der Waals surface area (Å²) >= 11 is 5.26. The first kappa shape index (κ1) is 28.0. The minimum atomic E-state index is -4.74. The van der Waals surface area contributed by atoms with Crippen LogP contribution in [0.3, 0.4) is 0 Å². The number of benzene rings is 3. The number of aliphatic hydroxyl groups is 1. The number of alkyl halides is 3. The SMILES string of the molecule is Cc1ccccc1NC(=S)NC(O)NCCCc1ccc(-c2ncn(-c3ccc(OC(F)(F)F)cc3)n2)cc1. The van der Waals surface area contributed by atoms with Crippen molar-refractivity contribution in [1.82, 2.24) is 25.4 Å². The molecule has 8 nitrogen and oxygen atoms in total. The zero-order valence-corrected chi connectivity index (χ0v) is 21.8. The van der Waals surface area contributed by atoms with Crippen LogP contribution in [0.4, 0.5) is 18.9 Å². The van der Waals surface area contributed by atoms with Gasteiger partial charge in [-0.15, -0.1) is 18.3 Å². The molecule has 0 amide bonds. The van der Waals surface area contributed by atoms with Gasteiger partial charge in [0.25, 0.3) is 0 Å². The Morgan fingerprint density at radius 2 is 1.77 bits per heavy atom. The number of hydrogen-bond donors (Lipinski definition) is 4. The molecule has 0 aliphatic heterocycles. The molecule has 0 fully saturated rings. The lowest BCUT2D eigenvalue weighted by Gasteiger charge is -2.18. The Balaban J connectivity index is 1.21. The maximum absolute atomic E-state index is 12.3. The van der Waals surface area contributed by atoms with Crippen LogP contribution in [0, 0.1) is 6.92 Å². The van der Waals surface area contributed by atoms with E-state index >= 15 is 0 Å². The number of aryl methyl sites for hydroxylation is 2. The molecule has 4 aromatic rings. The molecule has 0 spiro atoms. The number of nitrogens with zero attached hydrogens (tertiary/aromatic N) is 3. The van der Waals surface area contributed by atoms with Gasteiger partial charge in [0.05, 0.1) is 5.69 Å². The van der Waals surface area contributed by atoms with Crippen LogP contribution in [0.25, 0.3) is 17.1 Å². The highest BCUT2D eigenvalue weighted by molar-refractivity contribution is 7.80. The van der Waals surface area contributed by atoms with Gasteiger partial charge in [-0.3, -0.25) is 5.32 Å². The quantitative estimate of drug-likeness (QED) is 0.124. The number of thiocarbonyl (C=S) groups is 1. The van der Waals surface area contributed by atoms with Crippen LogP contribution in [-0.4, -0.2) is 44.2 Å². The summed E-state index contributed by atoms with van der Waals surface area (Å²) in [4.78, 5) is 4.30. The highest BCUT2D eigenvalue weighted by Gasteiger charge is 2.31. The van der Waals surface area contributed by atoms with Crippen LogP contribution in [0.1, 0.15) is 17.5 Å². The molecule has 0 aliphatic rings. The molecule has 0 saturated heterocycles. The first-order valence-corrected chi connectivity index (χ1v) is 12.5. The van der Waals surface area contributed by atoms with E-state index in [9.17, 15) is 18.3 Å². The molecule has 1 atom stereocenters. The molecule has 3 aromatic carbocycles. The predicted molar refractivity (Wildman–Crippen MR) is 146 cm³/mol. The highest BCUT2D eigenvalue weighted by Crippen LogP contribution is 2.24. The van der Waals surface area contributed by atoms with E-state index in [1.54, 1.807) is 0 Å². The van der Waals surface area contributed by atoms with E-state index in [1.807, 2.05) is 55.5 Å². The molecule has 1 unspecified atom stereocenters. The minimum Gasteiger partial charge on any atom is -0.406 e. The zero-order chi connectivity index (χ0) is 27.8. The minimum absolute atomic E-state index is 0.304. The second-order valence-corrected chi connectivity index (χ2v) is 9.03. The molecule has 1 heterocycles. The average molecular weight is 557 g/mol. The standard InChI is InChI=1S/C27H27F3N6O2S/c1-18-5-2-3-7-23(18)33-26(39)34-25(37)31-16-4-6-19-8-10-20(11-9-19)24-32-17-36(35-24)21-12-14-22(15-13-21)38-27(28,29)30/h2-3,5,7-15,17,25,31,37H,4,6,16H2,1H3,(H2,33,34,39). The van der Waals surface area contributed by atoms with Crippen molar-refractivity contribution in [2.24, 2.45) is 0 Å². The highest BCUT2D eigenvalue weighted by atomic mass is 32.1. The molecule has 0 radical (unpaired) electrons. The molecule has 4 N–H and O–H groups in total. The predicted octanol–water partition coefficient (Wildman–Crippen LogP) is 4.93.